The van der Waals surface area contributed by atoms with Gasteiger partial charge in [0.15, 0.2) is 5.76 Å². The number of carbonyl (C=O) groups excluding carboxylic acids is 2. The van der Waals surface area contributed by atoms with Crippen LogP contribution < -0.4 is 4.74 Å². The Kier molecular flexibility index (Phi) is 6.96. The molecular formula is C30H25NO4S. The summed E-state index contributed by atoms with van der Waals surface area (Å²) in [5.74, 6) is -0.648. The van der Waals surface area contributed by atoms with Gasteiger partial charge in [0.05, 0.1) is 16.5 Å². The monoisotopic (exact) mass is 495 g/mol. The standard InChI is InChI=1S/C30H25NO4S/c32-28(25-12-7-19-36-25)26-27(31(30(34)29(26)33)18-17-21-8-3-1-4-9-21)23-13-15-24(16-14-23)35-20-22-10-5-2-6-11-22/h1-16,19,27,33H,17-18,20H2. The van der Waals surface area contributed by atoms with Crippen molar-refractivity contribution in [2.45, 2.75) is 19.1 Å². The van der Waals surface area contributed by atoms with Crippen LogP contribution >= 0.6 is 11.3 Å². The summed E-state index contributed by atoms with van der Waals surface area (Å²) < 4.78 is 5.91. The zero-order valence-electron chi connectivity index (χ0n) is 19.5. The third-order valence-corrected chi connectivity index (χ3v) is 7.09. The second-order valence-corrected chi connectivity index (χ2v) is 9.50. The van der Waals surface area contributed by atoms with Crippen molar-refractivity contribution < 1.29 is 19.4 Å². The van der Waals surface area contributed by atoms with Crippen LogP contribution in [0.25, 0.3) is 0 Å². The maximum Gasteiger partial charge on any atom is 0.290 e. The molecular weight excluding hydrogens is 470 g/mol. The minimum atomic E-state index is -0.681. The normalized spacial score (nSPS) is 15.4. The van der Waals surface area contributed by atoms with Gasteiger partial charge in [-0.15, -0.1) is 11.3 Å². The van der Waals surface area contributed by atoms with E-state index in [4.69, 9.17) is 4.74 Å². The average molecular weight is 496 g/mol. The second-order valence-electron chi connectivity index (χ2n) is 8.55. The van der Waals surface area contributed by atoms with Crippen LogP contribution in [0.4, 0.5) is 0 Å². The van der Waals surface area contributed by atoms with Crippen molar-refractivity contribution in [2.24, 2.45) is 0 Å². The fraction of sp³-hybridized carbons (Fsp3) is 0.133. The Bertz CT molecular complexity index is 1360. The number of nitrogens with zero attached hydrogens (tertiary/aromatic N) is 1. The summed E-state index contributed by atoms with van der Waals surface area (Å²) in [6.45, 7) is 0.805. The molecule has 1 atom stereocenters. The molecule has 180 valence electrons. The van der Waals surface area contributed by atoms with E-state index in [2.05, 4.69) is 0 Å². The Morgan fingerprint density at radius 2 is 1.53 bits per heavy atom. The van der Waals surface area contributed by atoms with Crippen molar-refractivity contribution in [3.63, 3.8) is 0 Å². The quantitative estimate of drug-likeness (QED) is 0.283. The third kappa shape index (κ3) is 4.95. The van der Waals surface area contributed by atoms with E-state index in [1.54, 1.807) is 17.0 Å². The highest BCUT2D eigenvalue weighted by molar-refractivity contribution is 7.12. The molecule has 36 heavy (non-hydrogen) atoms. The lowest BCUT2D eigenvalue weighted by molar-refractivity contribution is -0.129. The van der Waals surface area contributed by atoms with Gasteiger partial charge >= 0.3 is 0 Å². The van der Waals surface area contributed by atoms with Gasteiger partial charge < -0.3 is 14.7 Å². The predicted octanol–water partition coefficient (Wildman–Crippen LogP) is 6.15. The topological polar surface area (TPSA) is 66.8 Å². The summed E-state index contributed by atoms with van der Waals surface area (Å²) in [6.07, 6.45) is 0.606. The Morgan fingerprint density at radius 3 is 2.17 bits per heavy atom. The van der Waals surface area contributed by atoms with E-state index >= 15 is 0 Å². The van der Waals surface area contributed by atoms with Gasteiger partial charge in [-0.05, 0) is 46.7 Å². The molecule has 1 aliphatic rings. The Hall–Kier alpha value is -4.16. The molecule has 0 saturated heterocycles. The van der Waals surface area contributed by atoms with Crippen molar-refractivity contribution in [3.05, 3.63) is 135 Å². The first-order chi connectivity index (χ1) is 17.6. The number of amides is 1. The molecule has 1 aliphatic heterocycles. The zero-order valence-corrected chi connectivity index (χ0v) is 20.4. The molecule has 3 aromatic carbocycles. The lowest BCUT2D eigenvalue weighted by atomic mass is 9.95. The molecule has 2 heterocycles. The van der Waals surface area contributed by atoms with Crippen molar-refractivity contribution in [1.82, 2.24) is 4.90 Å². The van der Waals surface area contributed by atoms with E-state index < -0.39 is 17.7 Å². The highest BCUT2D eigenvalue weighted by Crippen LogP contribution is 2.40. The van der Waals surface area contributed by atoms with E-state index in [0.29, 0.717) is 30.2 Å². The maximum absolute atomic E-state index is 13.4. The lowest BCUT2D eigenvalue weighted by Crippen LogP contribution is -2.33. The molecule has 1 N–H and O–H groups in total. The second kappa shape index (κ2) is 10.6. The van der Waals surface area contributed by atoms with Crippen LogP contribution in [0.1, 0.15) is 32.4 Å². The number of thiophene rings is 1. The first kappa shape index (κ1) is 23.6. The maximum atomic E-state index is 13.4. The van der Waals surface area contributed by atoms with Crippen molar-refractivity contribution in [2.75, 3.05) is 6.54 Å². The number of aliphatic hydroxyl groups is 1. The molecule has 1 aromatic heterocycles. The summed E-state index contributed by atoms with van der Waals surface area (Å²) >= 11 is 1.29. The SMILES string of the molecule is O=C(C1=C(O)C(=O)N(CCc2ccccc2)C1c1ccc(OCc2ccccc2)cc1)c1cccs1. The molecule has 1 unspecified atom stereocenters. The Labute approximate surface area is 213 Å². The molecule has 0 bridgehead atoms. The smallest absolute Gasteiger partial charge is 0.290 e. The van der Waals surface area contributed by atoms with Crippen LogP contribution in [-0.4, -0.2) is 28.2 Å². The van der Waals surface area contributed by atoms with Crippen LogP contribution in [0.5, 0.6) is 5.75 Å². The van der Waals surface area contributed by atoms with Crippen LogP contribution in [0, 0.1) is 0 Å². The van der Waals surface area contributed by atoms with Gasteiger partial charge in [-0.3, -0.25) is 9.59 Å². The lowest BCUT2D eigenvalue weighted by Gasteiger charge is -2.27. The summed E-state index contributed by atoms with van der Waals surface area (Å²) in [4.78, 5) is 28.6. The number of carbonyl (C=O) groups is 2. The van der Waals surface area contributed by atoms with E-state index in [9.17, 15) is 14.7 Å². The van der Waals surface area contributed by atoms with E-state index in [0.717, 1.165) is 16.7 Å². The predicted molar refractivity (Wildman–Crippen MR) is 140 cm³/mol. The molecule has 4 aromatic rings. The molecule has 1 amide bonds. The summed E-state index contributed by atoms with van der Waals surface area (Å²) in [5, 5.41) is 12.6. The largest absolute Gasteiger partial charge is 0.503 e. The average Bonchev–Trinajstić information content (AvgIpc) is 3.55. The van der Waals surface area contributed by atoms with Gasteiger partial charge in [-0.2, -0.15) is 0 Å². The fourth-order valence-electron chi connectivity index (χ4n) is 4.38. The van der Waals surface area contributed by atoms with Crippen molar-refractivity contribution >= 4 is 23.0 Å². The first-order valence-electron chi connectivity index (χ1n) is 11.7. The summed E-state index contributed by atoms with van der Waals surface area (Å²) in [7, 11) is 0. The van der Waals surface area contributed by atoms with Crippen molar-refractivity contribution in [1.29, 1.82) is 0 Å². The van der Waals surface area contributed by atoms with Crippen LogP contribution in [0.2, 0.25) is 0 Å². The highest BCUT2D eigenvalue weighted by atomic mass is 32.1. The van der Waals surface area contributed by atoms with Gasteiger partial charge in [-0.1, -0.05) is 78.9 Å². The number of hydrogen-bond acceptors (Lipinski definition) is 5. The fourth-order valence-corrected chi connectivity index (χ4v) is 5.06. The molecule has 0 spiro atoms. The Balaban J connectivity index is 1.42. The van der Waals surface area contributed by atoms with E-state index in [1.165, 1.54) is 11.3 Å². The number of Topliss-reactive ketones (excluding diaryl/α,β-unsaturated/α-hetero) is 1. The van der Waals surface area contributed by atoms with Gasteiger partial charge in [0.2, 0.25) is 5.78 Å². The molecule has 0 fully saturated rings. The van der Waals surface area contributed by atoms with Crippen LogP contribution in [0.15, 0.2) is 114 Å². The summed E-state index contributed by atoms with van der Waals surface area (Å²) in [5.41, 5.74) is 3.00. The number of aliphatic hydroxyl groups excluding tert-OH is 1. The first-order valence-corrected chi connectivity index (χ1v) is 12.6. The van der Waals surface area contributed by atoms with Gasteiger partial charge in [0.1, 0.15) is 12.4 Å². The number of hydrogen-bond donors (Lipinski definition) is 1. The zero-order chi connectivity index (χ0) is 24.9. The number of rotatable bonds is 9. The molecule has 0 radical (unpaired) electrons. The molecule has 5 nitrogen and oxygen atoms in total. The minimum Gasteiger partial charge on any atom is -0.503 e. The van der Waals surface area contributed by atoms with E-state index in [1.807, 2.05) is 90.3 Å². The van der Waals surface area contributed by atoms with Crippen LogP contribution in [-0.2, 0) is 17.8 Å². The molecule has 0 saturated carbocycles. The third-order valence-electron chi connectivity index (χ3n) is 6.22. The molecule has 6 heteroatoms. The number of benzene rings is 3. The van der Waals surface area contributed by atoms with Crippen molar-refractivity contribution in [3.8, 4) is 5.75 Å². The summed E-state index contributed by atoms with van der Waals surface area (Å²) in [6, 6.07) is 29.9. The van der Waals surface area contributed by atoms with Gasteiger partial charge in [0.25, 0.3) is 5.91 Å². The van der Waals surface area contributed by atoms with Gasteiger partial charge in [0, 0.05) is 6.54 Å². The molecule has 5 rings (SSSR count). The number of ether oxygens (including phenoxy) is 1. The van der Waals surface area contributed by atoms with Crippen LogP contribution in [0.3, 0.4) is 0 Å². The van der Waals surface area contributed by atoms with E-state index in [-0.39, 0.29) is 11.4 Å². The Morgan fingerprint density at radius 1 is 0.861 bits per heavy atom. The highest BCUT2D eigenvalue weighted by Gasteiger charge is 2.43. The molecule has 0 aliphatic carbocycles. The number of ketones is 1. The minimum absolute atomic E-state index is 0.119. The van der Waals surface area contributed by atoms with Gasteiger partial charge in [-0.25, -0.2) is 0 Å².